The van der Waals surface area contributed by atoms with Gasteiger partial charge in [-0.1, -0.05) is 6.08 Å². The molecule has 100 valence electrons. The predicted molar refractivity (Wildman–Crippen MR) is 74.4 cm³/mol. The maximum absolute atomic E-state index is 13.2. The third kappa shape index (κ3) is 2.41. The summed E-state index contributed by atoms with van der Waals surface area (Å²) in [7, 11) is 0. The van der Waals surface area contributed by atoms with Gasteiger partial charge in [0.15, 0.2) is 0 Å². The Labute approximate surface area is 111 Å². The normalized spacial score (nSPS) is 16.8. The highest BCUT2D eigenvalue weighted by Crippen LogP contribution is 2.29. The third-order valence-corrected chi connectivity index (χ3v) is 3.70. The fraction of sp³-hybridized carbons (Fsp3) is 0.333. The first-order chi connectivity index (χ1) is 9.28. The Hall–Kier alpha value is -1.65. The van der Waals surface area contributed by atoms with Gasteiger partial charge in [0.05, 0.1) is 6.61 Å². The van der Waals surface area contributed by atoms with Crippen LogP contribution >= 0.6 is 0 Å². The minimum Gasteiger partial charge on any atom is -0.395 e. The van der Waals surface area contributed by atoms with E-state index < -0.39 is 0 Å². The molecule has 3 nitrogen and oxygen atoms in total. The fourth-order valence-electron chi connectivity index (χ4n) is 2.66. The van der Waals surface area contributed by atoms with Crippen LogP contribution in [-0.2, 0) is 0 Å². The Bertz CT molecular complexity index is 618. The molecule has 3 rings (SSSR count). The molecule has 0 aliphatic carbocycles. The quantitative estimate of drug-likeness (QED) is 0.889. The molecule has 0 saturated heterocycles. The van der Waals surface area contributed by atoms with Gasteiger partial charge >= 0.3 is 0 Å². The molecule has 0 unspecified atom stereocenters. The van der Waals surface area contributed by atoms with Crippen molar-refractivity contribution >= 4 is 16.5 Å². The molecule has 19 heavy (non-hydrogen) atoms. The average Bonchev–Trinajstić information content (AvgIpc) is 2.83. The van der Waals surface area contributed by atoms with Gasteiger partial charge in [-0.3, -0.25) is 4.90 Å². The van der Waals surface area contributed by atoms with Gasteiger partial charge in [-0.2, -0.15) is 0 Å². The maximum atomic E-state index is 13.2. The summed E-state index contributed by atoms with van der Waals surface area (Å²) >= 11 is 0. The van der Waals surface area contributed by atoms with Crippen LogP contribution in [0.15, 0.2) is 30.5 Å². The van der Waals surface area contributed by atoms with E-state index in [0.29, 0.717) is 0 Å². The number of fused-ring (bicyclic) bond motifs is 1. The Kier molecular flexibility index (Phi) is 3.36. The zero-order chi connectivity index (χ0) is 13.2. The van der Waals surface area contributed by atoms with Crippen molar-refractivity contribution in [1.29, 1.82) is 0 Å². The molecular weight excluding hydrogens is 243 g/mol. The van der Waals surface area contributed by atoms with Gasteiger partial charge in [0.1, 0.15) is 5.82 Å². The summed E-state index contributed by atoms with van der Waals surface area (Å²) in [5.41, 5.74) is 3.30. The molecule has 1 aromatic heterocycles. The summed E-state index contributed by atoms with van der Waals surface area (Å²) in [6, 6.07) is 4.86. The van der Waals surface area contributed by atoms with Crippen molar-refractivity contribution < 1.29 is 9.50 Å². The van der Waals surface area contributed by atoms with E-state index in [1.54, 1.807) is 0 Å². The molecule has 4 heteroatoms. The number of rotatable bonds is 3. The van der Waals surface area contributed by atoms with Gasteiger partial charge in [0.25, 0.3) is 0 Å². The highest BCUT2D eigenvalue weighted by Gasteiger charge is 2.15. The molecule has 0 amide bonds. The highest BCUT2D eigenvalue weighted by molar-refractivity contribution is 5.92. The lowest BCUT2D eigenvalue weighted by Gasteiger charge is -2.25. The second kappa shape index (κ2) is 5.15. The van der Waals surface area contributed by atoms with Crippen molar-refractivity contribution in [1.82, 2.24) is 9.88 Å². The minimum atomic E-state index is -0.215. The number of nitrogens with zero attached hydrogens (tertiary/aromatic N) is 1. The number of hydrogen-bond donors (Lipinski definition) is 2. The number of nitrogens with one attached hydrogen (secondary N) is 1. The van der Waals surface area contributed by atoms with E-state index in [1.807, 2.05) is 12.3 Å². The van der Waals surface area contributed by atoms with Crippen LogP contribution in [0.5, 0.6) is 0 Å². The first-order valence-electron chi connectivity index (χ1n) is 6.57. The fourth-order valence-corrected chi connectivity index (χ4v) is 2.66. The molecule has 1 aliphatic rings. The first kappa shape index (κ1) is 12.4. The van der Waals surface area contributed by atoms with Crippen LogP contribution < -0.4 is 0 Å². The SMILES string of the molecule is OCCN1CC=C(c2c[nH]c3cc(F)ccc23)CC1. The van der Waals surface area contributed by atoms with E-state index in [0.717, 1.165) is 37.0 Å². The Morgan fingerprint density at radius 2 is 2.26 bits per heavy atom. The van der Waals surface area contributed by atoms with Gasteiger partial charge in [0.2, 0.25) is 0 Å². The Morgan fingerprint density at radius 1 is 1.37 bits per heavy atom. The van der Waals surface area contributed by atoms with Crippen LogP contribution in [0.3, 0.4) is 0 Å². The maximum Gasteiger partial charge on any atom is 0.125 e. The summed E-state index contributed by atoms with van der Waals surface area (Å²) in [4.78, 5) is 5.35. The third-order valence-electron chi connectivity index (χ3n) is 3.70. The van der Waals surface area contributed by atoms with E-state index in [4.69, 9.17) is 5.11 Å². The topological polar surface area (TPSA) is 39.3 Å². The van der Waals surface area contributed by atoms with E-state index >= 15 is 0 Å². The van der Waals surface area contributed by atoms with Crippen molar-refractivity contribution in [3.05, 3.63) is 41.9 Å². The van der Waals surface area contributed by atoms with Crippen molar-refractivity contribution in [2.75, 3.05) is 26.2 Å². The summed E-state index contributed by atoms with van der Waals surface area (Å²) in [5.74, 6) is -0.215. The largest absolute Gasteiger partial charge is 0.395 e. The van der Waals surface area contributed by atoms with Crippen LogP contribution in [0.4, 0.5) is 4.39 Å². The predicted octanol–water partition coefficient (Wildman–Crippen LogP) is 2.39. The molecular formula is C15H17FN2O. The molecule has 0 saturated carbocycles. The molecule has 1 aromatic carbocycles. The van der Waals surface area contributed by atoms with Gasteiger partial charge in [-0.25, -0.2) is 4.39 Å². The second-order valence-electron chi connectivity index (χ2n) is 4.90. The molecule has 0 spiro atoms. The number of aliphatic hydroxyl groups is 1. The molecule has 1 aliphatic heterocycles. The molecule has 0 radical (unpaired) electrons. The molecule has 0 fully saturated rings. The molecule has 2 heterocycles. The van der Waals surface area contributed by atoms with Gasteiger partial charge in [-0.15, -0.1) is 0 Å². The van der Waals surface area contributed by atoms with Crippen molar-refractivity contribution in [3.63, 3.8) is 0 Å². The lowest BCUT2D eigenvalue weighted by atomic mass is 9.99. The second-order valence-corrected chi connectivity index (χ2v) is 4.90. The van der Waals surface area contributed by atoms with Crippen LogP contribution in [0.1, 0.15) is 12.0 Å². The lowest BCUT2D eigenvalue weighted by Crippen LogP contribution is -2.31. The number of halogens is 1. The minimum absolute atomic E-state index is 0.204. The monoisotopic (exact) mass is 260 g/mol. The number of benzene rings is 1. The lowest BCUT2D eigenvalue weighted by molar-refractivity contribution is 0.208. The number of aliphatic hydroxyl groups excluding tert-OH is 1. The standard InChI is InChI=1S/C15H17FN2O/c16-12-1-2-13-14(10-17-15(13)9-12)11-3-5-18(6-4-11)7-8-19/h1-3,9-10,17,19H,4-8H2. The summed E-state index contributed by atoms with van der Waals surface area (Å²) in [6.45, 7) is 2.75. The molecule has 0 bridgehead atoms. The van der Waals surface area contributed by atoms with Crippen molar-refractivity contribution in [3.8, 4) is 0 Å². The van der Waals surface area contributed by atoms with E-state index in [1.165, 1.54) is 23.3 Å². The number of H-pyrrole nitrogens is 1. The zero-order valence-electron chi connectivity index (χ0n) is 10.7. The average molecular weight is 260 g/mol. The van der Waals surface area contributed by atoms with E-state index in [9.17, 15) is 4.39 Å². The van der Waals surface area contributed by atoms with E-state index in [-0.39, 0.29) is 12.4 Å². The van der Waals surface area contributed by atoms with Crippen LogP contribution in [0, 0.1) is 5.82 Å². The van der Waals surface area contributed by atoms with E-state index in [2.05, 4.69) is 16.0 Å². The van der Waals surface area contributed by atoms with Crippen LogP contribution in [0.2, 0.25) is 0 Å². The smallest absolute Gasteiger partial charge is 0.125 e. The highest BCUT2D eigenvalue weighted by atomic mass is 19.1. The Morgan fingerprint density at radius 3 is 3.00 bits per heavy atom. The summed E-state index contributed by atoms with van der Waals surface area (Å²) < 4.78 is 13.2. The summed E-state index contributed by atoms with van der Waals surface area (Å²) in [6.07, 6.45) is 5.12. The number of aromatic nitrogens is 1. The van der Waals surface area contributed by atoms with Gasteiger partial charge in [-0.05, 0) is 30.2 Å². The summed E-state index contributed by atoms with van der Waals surface area (Å²) in [5, 5.41) is 10.0. The number of β-amino-alcohol motifs (C(OH)–C–C–N with tert-alkyl or cyclic N) is 1. The first-order valence-corrected chi connectivity index (χ1v) is 6.57. The molecule has 0 atom stereocenters. The number of hydrogen-bond acceptors (Lipinski definition) is 2. The zero-order valence-corrected chi connectivity index (χ0v) is 10.7. The van der Waals surface area contributed by atoms with Gasteiger partial charge < -0.3 is 10.1 Å². The van der Waals surface area contributed by atoms with Crippen molar-refractivity contribution in [2.24, 2.45) is 0 Å². The molecule has 2 N–H and O–H groups in total. The molecule has 2 aromatic rings. The van der Waals surface area contributed by atoms with Crippen LogP contribution in [-0.4, -0.2) is 41.2 Å². The number of aromatic amines is 1. The van der Waals surface area contributed by atoms with Crippen molar-refractivity contribution in [2.45, 2.75) is 6.42 Å². The van der Waals surface area contributed by atoms with Crippen LogP contribution in [0.25, 0.3) is 16.5 Å². The van der Waals surface area contributed by atoms with Gasteiger partial charge in [0, 0.05) is 42.3 Å². The Balaban J connectivity index is 1.89.